The first-order valence-corrected chi connectivity index (χ1v) is 3.73. The lowest BCUT2D eigenvalue weighted by molar-refractivity contribution is 0.283. The van der Waals surface area contributed by atoms with Crippen molar-refractivity contribution in [3.05, 3.63) is 24.3 Å². The standard InChI is InChI=1S/C9H15N/c1-8(10(2)3)9-6-4-5-7-9/h4-9H,1-3H3/t8-/m1/s1. The van der Waals surface area contributed by atoms with Crippen LogP contribution >= 0.6 is 0 Å². The molecule has 1 aliphatic rings. The lowest BCUT2D eigenvalue weighted by Crippen LogP contribution is -2.29. The van der Waals surface area contributed by atoms with Crippen molar-refractivity contribution in [3.63, 3.8) is 0 Å². The van der Waals surface area contributed by atoms with Crippen LogP contribution in [0.25, 0.3) is 0 Å². The predicted octanol–water partition coefficient (Wildman–Crippen LogP) is 1.68. The Hall–Kier alpha value is -0.560. The van der Waals surface area contributed by atoms with E-state index < -0.39 is 0 Å². The van der Waals surface area contributed by atoms with Gasteiger partial charge in [-0.15, -0.1) is 0 Å². The van der Waals surface area contributed by atoms with Crippen LogP contribution in [0.15, 0.2) is 24.3 Å². The van der Waals surface area contributed by atoms with Crippen molar-refractivity contribution in [1.82, 2.24) is 4.90 Å². The molecule has 56 valence electrons. The molecular formula is C9H15N. The summed E-state index contributed by atoms with van der Waals surface area (Å²) in [5.74, 6) is 0.620. The van der Waals surface area contributed by atoms with Crippen molar-refractivity contribution in [2.45, 2.75) is 13.0 Å². The zero-order valence-corrected chi connectivity index (χ0v) is 6.91. The molecular weight excluding hydrogens is 122 g/mol. The minimum Gasteiger partial charge on any atom is -0.306 e. The molecule has 0 bridgehead atoms. The van der Waals surface area contributed by atoms with E-state index in [1.54, 1.807) is 0 Å². The second kappa shape index (κ2) is 3.02. The predicted molar refractivity (Wildman–Crippen MR) is 44.9 cm³/mol. The number of hydrogen-bond donors (Lipinski definition) is 0. The maximum Gasteiger partial charge on any atom is 0.0159 e. The summed E-state index contributed by atoms with van der Waals surface area (Å²) in [6, 6.07) is 0.620. The fourth-order valence-electron chi connectivity index (χ4n) is 1.11. The molecule has 0 fully saturated rings. The van der Waals surface area contributed by atoms with E-state index in [2.05, 4.69) is 50.2 Å². The Kier molecular flexibility index (Phi) is 2.28. The van der Waals surface area contributed by atoms with Crippen LogP contribution in [0.2, 0.25) is 0 Å². The second-order valence-electron chi connectivity index (χ2n) is 3.05. The van der Waals surface area contributed by atoms with Gasteiger partial charge in [0.25, 0.3) is 0 Å². The monoisotopic (exact) mass is 137 g/mol. The molecule has 1 nitrogen and oxygen atoms in total. The van der Waals surface area contributed by atoms with E-state index >= 15 is 0 Å². The summed E-state index contributed by atoms with van der Waals surface area (Å²) in [6.45, 7) is 2.24. The van der Waals surface area contributed by atoms with Gasteiger partial charge in [-0.25, -0.2) is 0 Å². The summed E-state index contributed by atoms with van der Waals surface area (Å²) in [5, 5.41) is 0. The highest BCUT2D eigenvalue weighted by atomic mass is 15.1. The quantitative estimate of drug-likeness (QED) is 0.559. The number of hydrogen-bond acceptors (Lipinski definition) is 1. The SMILES string of the molecule is C[C@H](C1C=CC=C1)N(C)C. The van der Waals surface area contributed by atoms with Crippen molar-refractivity contribution in [2.75, 3.05) is 14.1 Å². The molecule has 1 atom stereocenters. The topological polar surface area (TPSA) is 3.24 Å². The van der Waals surface area contributed by atoms with Gasteiger partial charge in [0.1, 0.15) is 0 Å². The summed E-state index contributed by atoms with van der Waals surface area (Å²) < 4.78 is 0. The lowest BCUT2D eigenvalue weighted by Gasteiger charge is -2.23. The molecule has 0 aliphatic heterocycles. The van der Waals surface area contributed by atoms with Crippen LogP contribution in [0, 0.1) is 5.92 Å². The van der Waals surface area contributed by atoms with E-state index in [-0.39, 0.29) is 0 Å². The Morgan fingerprint density at radius 1 is 1.20 bits per heavy atom. The summed E-state index contributed by atoms with van der Waals surface area (Å²) in [5.41, 5.74) is 0. The summed E-state index contributed by atoms with van der Waals surface area (Å²) >= 11 is 0. The average molecular weight is 137 g/mol. The highest BCUT2D eigenvalue weighted by molar-refractivity contribution is 5.19. The highest BCUT2D eigenvalue weighted by Crippen LogP contribution is 2.15. The Morgan fingerprint density at radius 2 is 1.70 bits per heavy atom. The molecule has 0 radical (unpaired) electrons. The molecule has 10 heavy (non-hydrogen) atoms. The van der Waals surface area contributed by atoms with E-state index in [0.717, 1.165) is 0 Å². The Labute approximate surface area is 63.0 Å². The van der Waals surface area contributed by atoms with Crippen LogP contribution in [-0.4, -0.2) is 25.0 Å². The smallest absolute Gasteiger partial charge is 0.0159 e. The molecule has 0 spiro atoms. The molecule has 0 unspecified atom stereocenters. The lowest BCUT2D eigenvalue weighted by atomic mass is 10.0. The van der Waals surface area contributed by atoms with Crippen LogP contribution in [0.3, 0.4) is 0 Å². The fourth-order valence-corrected chi connectivity index (χ4v) is 1.11. The van der Waals surface area contributed by atoms with Crippen LogP contribution < -0.4 is 0 Å². The van der Waals surface area contributed by atoms with Crippen LogP contribution in [0.4, 0.5) is 0 Å². The van der Waals surface area contributed by atoms with Crippen molar-refractivity contribution >= 4 is 0 Å². The fraction of sp³-hybridized carbons (Fsp3) is 0.556. The van der Waals surface area contributed by atoms with Crippen LogP contribution in [0.5, 0.6) is 0 Å². The van der Waals surface area contributed by atoms with Gasteiger partial charge in [-0.2, -0.15) is 0 Å². The van der Waals surface area contributed by atoms with Gasteiger partial charge in [-0.05, 0) is 21.0 Å². The van der Waals surface area contributed by atoms with E-state index in [4.69, 9.17) is 0 Å². The molecule has 0 saturated heterocycles. The number of nitrogens with zero attached hydrogens (tertiary/aromatic N) is 1. The normalized spacial score (nSPS) is 20.8. The first-order chi connectivity index (χ1) is 4.72. The molecule has 0 saturated carbocycles. The Balaban J connectivity index is 2.49. The average Bonchev–Trinajstić information content (AvgIpc) is 2.36. The van der Waals surface area contributed by atoms with Crippen LogP contribution in [0.1, 0.15) is 6.92 Å². The first kappa shape index (κ1) is 7.55. The first-order valence-electron chi connectivity index (χ1n) is 3.73. The maximum absolute atomic E-state index is 2.24. The summed E-state index contributed by atoms with van der Waals surface area (Å²) in [6.07, 6.45) is 8.71. The third kappa shape index (κ3) is 1.48. The van der Waals surface area contributed by atoms with Gasteiger partial charge in [-0.1, -0.05) is 24.3 Å². The van der Waals surface area contributed by atoms with Gasteiger partial charge in [-0.3, -0.25) is 0 Å². The third-order valence-electron chi connectivity index (χ3n) is 2.15. The van der Waals surface area contributed by atoms with E-state index in [9.17, 15) is 0 Å². The molecule has 0 amide bonds. The second-order valence-corrected chi connectivity index (χ2v) is 3.05. The molecule has 1 aliphatic carbocycles. The molecule has 0 N–H and O–H groups in total. The molecule has 1 heteroatoms. The van der Waals surface area contributed by atoms with E-state index in [0.29, 0.717) is 12.0 Å². The van der Waals surface area contributed by atoms with Gasteiger partial charge in [0.05, 0.1) is 0 Å². The van der Waals surface area contributed by atoms with Crippen molar-refractivity contribution in [3.8, 4) is 0 Å². The van der Waals surface area contributed by atoms with Gasteiger partial charge < -0.3 is 4.90 Å². The minimum absolute atomic E-state index is 0.620. The summed E-state index contributed by atoms with van der Waals surface area (Å²) in [7, 11) is 4.23. The molecule has 0 aromatic rings. The number of rotatable bonds is 2. The van der Waals surface area contributed by atoms with Gasteiger partial charge >= 0.3 is 0 Å². The number of allylic oxidation sites excluding steroid dienone is 2. The largest absolute Gasteiger partial charge is 0.306 e. The van der Waals surface area contributed by atoms with Gasteiger partial charge in [0.15, 0.2) is 0 Å². The van der Waals surface area contributed by atoms with E-state index in [1.807, 2.05) is 0 Å². The van der Waals surface area contributed by atoms with Gasteiger partial charge in [0.2, 0.25) is 0 Å². The Morgan fingerprint density at radius 3 is 2.10 bits per heavy atom. The zero-order valence-electron chi connectivity index (χ0n) is 6.91. The van der Waals surface area contributed by atoms with Crippen molar-refractivity contribution in [1.29, 1.82) is 0 Å². The Bertz CT molecular complexity index is 144. The zero-order chi connectivity index (χ0) is 7.56. The summed E-state index contributed by atoms with van der Waals surface area (Å²) in [4.78, 5) is 2.24. The van der Waals surface area contributed by atoms with Gasteiger partial charge in [0, 0.05) is 12.0 Å². The molecule has 1 rings (SSSR count). The highest BCUT2D eigenvalue weighted by Gasteiger charge is 2.14. The van der Waals surface area contributed by atoms with Crippen molar-refractivity contribution in [2.24, 2.45) is 5.92 Å². The molecule has 0 aromatic carbocycles. The maximum atomic E-state index is 2.24. The molecule has 0 heterocycles. The minimum atomic E-state index is 0.620. The third-order valence-corrected chi connectivity index (χ3v) is 2.15. The van der Waals surface area contributed by atoms with E-state index in [1.165, 1.54) is 0 Å². The molecule has 0 aromatic heterocycles. The van der Waals surface area contributed by atoms with Crippen molar-refractivity contribution < 1.29 is 0 Å². The van der Waals surface area contributed by atoms with Crippen LogP contribution in [-0.2, 0) is 0 Å².